The molecular weight excluding hydrogens is 244 g/mol. The second-order valence-electron chi connectivity index (χ2n) is 4.38. The average Bonchev–Trinajstić information content (AvgIpc) is 2.31. The van der Waals surface area contributed by atoms with Crippen LogP contribution in [0.15, 0.2) is 24.3 Å². The highest BCUT2D eigenvalue weighted by atomic mass is 32.1. The maximum Gasteiger partial charge on any atom is 0.227 e. The van der Waals surface area contributed by atoms with Gasteiger partial charge in [-0.25, -0.2) is 0 Å². The third-order valence-corrected chi connectivity index (χ3v) is 2.92. The lowest BCUT2D eigenvalue weighted by atomic mass is 10.1. The highest BCUT2D eigenvalue weighted by molar-refractivity contribution is 7.80. The molecule has 0 fully saturated rings. The number of hydrogen-bond donors (Lipinski definition) is 1. The van der Waals surface area contributed by atoms with Gasteiger partial charge in [0, 0.05) is 6.54 Å². The quantitative estimate of drug-likeness (QED) is 0.800. The van der Waals surface area contributed by atoms with Crippen molar-refractivity contribution in [1.29, 1.82) is 0 Å². The summed E-state index contributed by atoms with van der Waals surface area (Å²) in [5.41, 5.74) is 7.72. The Morgan fingerprint density at radius 2 is 2.06 bits per heavy atom. The molecule has 0 unspecified atom stereocenters. The molecule has 0 aliphatic rings. The highest BCUT2D eigenvalue weighted by Gasteiger charge is 2.14. The van der Waals surface area contributed by atoms with E-state index in [0.717, 1.165) is 17.5 Å². The molecular formula is C14H20N2OS. The minimum absolute atomic E-state index is 0.0824. The molecule has 0 saturated heterocycles. The normalized spacial score (nSPS) is 10.1. The molecule has 0 aliphatic heterocycles. The van der Waals surface area contributed by atoms with E-state index in [2.05, 4.69) is 0 Å². The van der Waals surface area contributed by atoms with E-state index in [1.807, 2.05) is 38.1 Å². The van der Waals surface area contributed by atoms with E-state index in [1.165, 1.54) is 0 Å². The standard InChI is InChI=1S/C14H20N2OS/c1-3-8-16(10-13(15)18)14(17)9-12-7-5-4-6-11(12)2/h4-7H,3,8-10H2,1-2H3,(H2,15,18). The molecule has 3 nitrogen and oxygen atoms in total. The largest absolute Gasteiger partial charge is 0.392 e. The van der Waals surface area contributed by atoms with E-state index in [-0.39, 0.29) is 5.91 Å². The molecule has 18 heavy (non-hydrogen) atoms. The number of aryl methyl sites for hydroxylation is 1. The molecule has 0 spiro atoms. The van der Waals surface area contributed by atoms with Gasteiger partial charge < -0.3 is 10.6 Å². The van der Waals surface area contributed by atoms with Crippen molar-refractivity contribution in [2.45, 2.75) is 26.7 Å². The molecule has 1 amide bonds. The van der Waals surface area contributed by atoms with Gasteiger partial charge in [0.25, 0.3) is 0 Å². The lowest BCUT2D eigenvalue weighted by molar-refractivity contribution is -0.129. The first-order valence-corrected chi connectivity index (χ1v) is 6.56. The molecule has 1 rings (SSSR count). The molecule has 4 heteroatoms. The summed E-state index contributed by atoms with van der Waals surface area (Å²) in [6.07, 6.45) is 1.32. The number of nitrogens with two attached hydrogens (primary N) is 1. The smallest absolute Gasteiger partial charge is 0.227 e. The minimum Gasteiger partial charge on any atom is -0.392 e. The third kappa shape index (κ3) is 4.45. The van der Waals surface area contributed by atoms with Crippen molar-refractivity contribution in [3.63, 3.8) is 0 Å². The van der Waals surface area contributed by atoms with Gasteiger partial charge in [0.2, 0.25) is 5.91 Å². The molecule has 0 saturated carbocycles. The van der Waals surface area contributed by atoms with Crippen molar-refractivity contribution >= 4 is 23.1 Å². The maximum absolute atomic E-state index is 12.2. The van der Waals surface area contributed by atoms with Gasteiger partial charge in [-0.2, -0.15) is 0 Å². The number of nitrogens with zero attached hydrogens (tertiary/aromatic N) is 1. The number of carbonyl (C=O) groups is 1. The summed E-state index contributed by atoms with van der Waals surface area (Å²) < 4.78 is 0. The van der Waals surface area contributed by atoms with Crippen LogP contribution < -0.4 is 5.73 Å². The van der Waals surface area contributed by atoms with Crippen molar-refractivity contribution in [2.75, 3.05) is 13.1 Å². The van der Waals surface area contributed by atoms with Gasteiger partial charge >= 0.3 is 0 Å². The lowest BCUT2D eigenvalue weighted by Crippen LogP contribution is -2.39. The second kappa shape index (κ2) is 7.11. The zero-order valence-electron chi connectivity index (χ0n) is 11.0. The SMILES string of the molecule is CCCN(CC(N)=S)C(=O)Cc1ccccc1C. The molecule has 0 radical (unpaired) electrons. The first kappa shape index (κ1) is 14.6. The van der Waals surface area contributed by atoms with E-state index >= 15 is 0 Å². The predicted molar refractivity (Wildman–Crippen MR) is 78.5 cm³/mol. The fourth-order valence-corrected chi connectivity index (χ4v) is 1.99. The van der Waals surface area contributed by atoms with Gasteiger partial charge in [0.15, 0.2) is 0 Å². The zero-order valence-corrected chi connectivity index (χ0v) is 11.8. The summed E-state index contributed by atoms with van der Waals surface area (Å²) in [5.74, 6) is 0.0824. The van der Waals surface area contributed by atoms with Crippen LogP contribution in [0, 0.1) is 6.92 Å². The van der Waals surface area contributed by atoms with E-state index in [9.17, 15) is 4.79 Å². The van der Waals surface area contributed by atoms with E-state index in [4.69, 9.17) is 18.0 Å². The van der Waals surface area contributed by atoms with Crippen LogP contribution in [0.3, 0.4) is 0 Å². The summed E-state index contributed by atoms with van der Waals surface area (Å²) in [7, 11) is 0. The zero-order chi connectivity index (χ0) is 13.5. The van der Waals surface area contributed by atoms with Gasteiger partial charge in [-0.05, 0) is 24.5 Å². The fraction of sp³-hybridized carbons (Fsp3) is 0.429. The van der Waals surface area contributed by atoms with Crippen molar-refractivity contribution in [2.24, 2.45) is 5.73 Å². The fourth-order valence-electron chi connectivity index (χ4n) is 1.83. The summed E-state index contributed by atoms with van der Waals surface area (Å²) in [4.78, 5) is 14.3. The molecule has 1 aromatic carbocycles. The number of hydrogen-bond acceptors (Lipinski definition) is 2. The Morgan fingerprint density at radius 3 is 2.61 bits per heavy atom. The van der Waals surface area contributed by atoms with Gasteiger partial charge in [-0.3, -0.25) is 4.79 Å². The Bertz CT molecular complexity index is 432. The first-order chi connectivity index (χ1) is 8.54. The number of benzene rings is 1. The number of thiocarbonyl (C=S) groups is 1. The summed E-state index contributed by atoms with van der Waals surface area (Å²) in [5, 5.41) is 0. The monoisotopic (exact) mass is 264 g/mol. The Hall–Kier alpha value is -1.42. The van der Waals surface area contributed by atoms with E-state index in [0.29, 0.717) is 24.5 Å². The minimum atomic E-state index is 0.0824. The molecule has 1 aromatic rings. The molecule has 0 heterocycles. The van der Waals surface area contributed by atoms with Crippen LogP contribution in [0.2, 0.25) is 0 Å². The van der Waals surface area contributed by atoms with Crippen LogP contribution >= 0.6 is 12.2 Å². The van der Waals surface area contributed by atoms with Crippen molar-refractivity contribution in [3.05, 3.63) is 35.4 Å². The lowest BCUT2D eigenvalue weighted by Gasteiger charge is -2.21. The van der Waals surface area contributed by atoms with Crippen LogP contribution in [0.1, 0.15) is 24.5 Å². The summed E-state index contributed by atoms with van der Waals surface area (Å²) in [6, 6.07) is 7.92. The molecule has 0 atom stereocenters. The number of carbonyl (C=O) groups excluding carboxylic acids is 1. The molecule has 0 aromatic heterocycles. The van der Waals surface area contributed by atoms with E-state index in [1.54, 1.807) is 4.90 Å². The Morgan fingerprint density at radius 1 is 1.39 bits per heavy atom. The van der Waals surface area contributed by atoms with Crippen LogP contribution in [0.5, 0.6) is 0 Å². The Kier molecular flexibility index (Phi) is 5.78. The Balaban J connectivity index is 2.72. The number of amides is 1. The molecule has 0 aliphatic carbocycles. The van der Waals surface area contributed by atoms with E-state index < -0.39 is 0 Å². The van der Waals surface area contributed by atoms with Crippen LogP contribution in [0.4, 0.5) is 0 Å². The molecule has 2 N–H and O–H groups in total. The van der Waals surface area contributed by atoms with Crippen LogP contribution in [-0.4, -0.2) is 28.9 Å². The van der Waals surface area contributed by atoms with Gasteiger partial charge in [0.05, 0.1) is 18.0 Å². The van der Waals surface area contributed by atoms with Gasteiger partial charge in [-0.15, -0.1) is 0 Å². The Labute approximate surface area is 114 Å². The highest BCUT2D eigenvalue weighted by Crippen LogP contribution is 2.09. The summed E-state index contributed by atoms with van der Waals surface area (Å²) >= 11 is 4.88. The predicted octanol–water partition coefficient (Wildman–Crippen LogP) is 2.06. The maximum atomic E-state index is 12.2. The molecule has 98 valence electrons. The number of rotatable bonds is 6. The van der Waals surface area contributed by atoms with Gasteiger partial charge in [-0.1, -0.05) is 43.4 Å². The summed E-state index contributed by atoms with van der Waals surface area (Å²) in [6.45, 7) is 5.11. The van der Waals surface area contributed by atoms with Crippen molar-refractivity contribution in [3.8, 4) is 0 Å². The van der Waals surface area contributed by atoms with Crippen molar-refractivity contribution in [1.82, 2.24) is 4.90 Å². The average molecular weight is 264 g/mol. The van der Waals surface area contributed by atoms with Crippen LogP contribution in [-0.2, 0) is 11.2 Å². The van der Waals surface area contributed by atoms with Gasteiger partial charge in [0.1, 0.15) is 0 Å². The topological polar surface area (TPSA) is 46.3 Å². The van der Waals surface area contributed by atoms with Crippen molar-refractivity contribution < 1.29 is 4.79 Å². The second-order valence-corrected chi connectivity index (χ2v) is 4.91. The molecule has 0 bridgehead atoms. The van der Waals surface area contributed by atoms with Crippen LogP contribution in [0.25, 0.3) is 0 Å². The first-order valence-electron chi connectivity index (χ1n) is 6.15. The third-order valence-electron chi connectivity index (χ3n) is 2.80.